The van der Waals surface area contributed by atoms with Crippen LogP contribution in [0.15, 0.2) is 117 Å². The molecule has 0 spiro atoms. The molecule has 1 unspecified atom stereocenters. The molecule has 4 nitrogen and oxygen atoms in total. The predicted octanol–water partition coefficient (Wildman–Crippen LogP) is 6.95. The van der Waals surface area contributed by atoms with Gasteiger partial charge in [-0.2, -0.15) is 5.10 Å². The molecule has 5 rings (SSSR count). The van der Waals surface area contributed by atoms with Gasteiger partial charge in [-0.1, -0.05) is 66.8 Å². The SMILES string of the molecule is C(/C=C/c1ccc(C2=NN(c3ccccc3)C(c3ccco3)C2)o1)=C\c1ccccc1. The van der Waals surface area contributed by atoms with Crippen LogP contribution in [0, 0.1) is 0 Å². The maximum atomic E-state index is 6.06. The Kier molecular flexibility index (Phi) is 5.35. The molecule has 4 aromatic rings. The number of allylic oxidation sites excluding steroid dienone is 2. The highest BCUT2D eigenvalue weighted by atomic mass is 16.3. The van der Waals surface area contributed by atoms with E-state index in [2.05, 4.69) is 30.3 Å². The Bertz CT molecular complexity index is 1200. The van der Waals surface area contributed by atoms with E-state index in [1.54, 1.807) is 6.26 Å². The van der Waals surface area contributed by atoms with Crippen molar-refractivity contribution in [1.82, 2.24) is 0 Å². The summed E-state index contributed by atoms with van der Waals surface area (Å²) in [4.78, 5) is 0. The molecule has 0 bridgehead atoms. The second kappa shape index (κ2) is 8.76. The van der Waals surface area contributed by atoms with Crippen LogP contribution in [0.4, 0.5) is 5.69 Å². The van der Waals surface area contributed by atoms with Crippen LogP contribution in [0.25, 0.3) is 12.2 Å². The number of para-hydroxylation sites is 1. The predicted molar refractivity (Wildman–Crippen MR) is 125 cm³/mol. The van der Waals surface area contributed by atoms with Crippen LogP contribution in [-0.2, 0) is 0 Å². The van der Waals surface area contributed by atoms with Crippen LogP contribution in [0.2, 0.25) is 0 Å². The summed E-state index contributed by atoms with van der Waals surface area (Å²) >= 11 is 0. The molecule has 2 aromatic carbocycles. The highest BCUT2D eigenvalue weighted by molar-refractivity contribution is 6.01. The van der Waals surface area contributed by atoms with E-state index in [0.29, 0.717) is 6.42 Å². The number of hydrogen-bond donors (Lipinski definition) is 0. The second-order valence-corrected chi connectivity index (χ2v) is 7.29. The van der Waals surface area contributed by atoms with Gasteiger partial charge < -0.3 is 8.83 Å². The zero-order chi connectivity index (χ0) is 20.9. The van der Waals surface area contributed by atoms with Gasteiger partial charge in [0.2, 0.25) is 0 Å². The molecule has 0 fully saturated rings. The van der Waals surface area contributed by atoms with Crippen molar-refractivity contribution >= 4 is 23.6 Å². The molecule has 2 aromatic heterocycles. The molecular formula is C27H22N2O2. The summed E-state index contributed by atoms with van der Waals surface area (Å²) in [5.41, 5.74) is 3.10. The van der Waals surface area contributed by atoms with Crippen LogP contribution in [0.5, 0.6) is 0 Å². The van der Waals surface area contributed by atoms with E-state index in [1.807, 2.05) is 83.9 Å². The largest absolute Gasteiger partial charge is 0.467 e. The number of anilines is 1. The van der Waals surface area contributed by atoms with Crippen LogP contribution in [-0.4, -0.2) is 5.71 Å². The molecule has 1 aliphatic heterocycles. The van der Waals surface area contributed by atoms with Crippen LogP contribution >= 0.6 is 0 Å². The quantitative estimate of drug-likeness (QED) is 0.325. The summed E-state index contributed by atoms with van der Waals surface area (Å²) in [6.45, 7) is 0. The van der Waals surface area contributed by atoms with Crippen molar-refractivity contribution in [2.24, 2.45) is 5.10 Å². The molecular weight excluding hydrogens is 384 g/mol. The van der Waals surface area contributed by atoms with E-state index in [4.69, 9.17) is 13.9 Å². The van der Waals surface area contributed by atoms with Crippen LogP contribution < -0.4 is 5.01 Å². The first-order valence-electron chi connectivity index (χ1n) is 10.3. The van der Waals surface area contributed by atoms with Crippen LogP contribution in [0.1, 0.15) is 35.3 Å². The Hall–Kier alpha value is -4.05. The minimum atomic E-state index is 0.00491. The van der Waals surface area contributed by atoms with Crippen molar-refractivity contribution in [3.63, 3.8) is 0 Å². The smallest absolute Gasteiger partial charge is 0.150 e. The molecule has 0 saturated heterocycles. The summed E-state index contributed by atoms with van der Waals surface area (Å²) < 4.78 is 11.8. The van der Waals surface area contributed by atoms with Crippen molar-refractivity contribution in [2.45, 2.75) is 12.5 Å². The number of hydrogen-bond acceptors (Lipinski definition) is 4. The van der Waals surface area contributed by atoms with Crippen molar-refractivity contribution in [3.05, 3.63) is 126 Å². The number of rotatable bonds is 6. The Morgan fingerprint density at radius 2 is 1.58 bits per heavy atom. The first kappa shape index (κ1) is 18.9. The lowest BCUT2D eigenvalue weighted by atomic mass is 10.1. The van der Waals surface area contributed by atoms with Crippen LogP contribution in [0.3, 0.4) is 0 Å². The molecule has 31 heavy (non-hydrogen) atoms. The third kappa shape index (κ3) is 4.28. The fraction of sp³-hybridized carbons (Fsp3) is 0.0741. The summed E-state index contributed by atoms with van der Waals surface area (Å²) in [5.74, 6) is 2.46. The zero-order valence-corrected chi connectivity index (χ0v) is 17.0. The topological polar surface area (TPSA) is 41.9 Å². The van der Waals surface area contributed by atoms with Gasteiger partial charge in [-0.05, 0) is 48.0 Å². The van der Waals surface area contributed by atoms with Gasteiger partial charge in [0.1, 0.15) is 23.3 Å². The number of furan rings is 2. The van der Waals surface area contributed by atoms with E-state index < -0.39 is 0 Å². The van der Waals surface area contributed by atoms with E-state index >= 15 is 0 Å². The Morgan fingerprint density at radius 3 is 2.35 bits per heavy atom. The number of benzene rings is 2. The van der Waals surface area contributed by atoms with E-state index in [9.17, 15) is 0 Å². The fourth-order valence-electron chi connectivity index (χ4n) is 3.66. The van der Waals surface area contributed by atoms with Gasteiger partial charge >= 0.3 is 0 Å². The molecule has 0 aliphatic carbocycles. The minimum Gasteiger partial charge on any atom is -0.467 e. The summed E-state index contributed by atoms with van der Waals surface area (Å²) in [6.07, 6.45) is 10.4. The Labute approximate surface area is 181 Å². The van der Waals surface area contributed by atoms with Gasteiger partial charge in [-0.15, -0.1) is 0 Å². The lowest BCUT2D eigenvalue weighted by molar-refractivity contribution is 0.464. The molecule has 4 heteroatoms. The number of hydrazone groups is 1. The molecule has 0 N–H and O–H groups in total. The maximum Gasteiger partial charge on any atom is 0.150 e. The monoisotopic (exact) mass is 406 g/mol. The third-order valence-electron chi connectivity index (χ3n) is 5.17. The van der Waals surface area contributed by atoms with E-state index in [1.165, 1.54) is 0 Å². The van der Waals surface area contributed by atoms with Crippen molar-refractivity contribution < 1.29 is 8.83 Å². The van der Waals surface area contributed by atoms with E-state index in [0.717, 1.165) is 34.2 Å². The van der Waals surface area contributed by atoms with Gasteiger partial charge in [0, 0.05) is 6.42 Å². The molecule has 152 valence electrons. The number of nitrogens with zero attached hydrogens (tertiary/aromatic N) is 2. The average Bonchev–Trinajstić information content (AvgIpc) is 3.58. The molecule has 1 atom stereocenters. The molecule has 0 amide bonds. The standard InChI is InChI=1S/C27H22N2O2/c1-3-10-21(11-4-1)12-7-8-15-23-17-18-26(31-23)24-20-25(27-16-9-19-30-27)29(28-24)22-13-5-2-6-14-22/h1-19,25H,20H2/b12-7+,15-8+. The molecule has 0 radical (unpaired) electrons. The van der Waals surface area contributed by atoms with Crippen molar-refractivity contribution in [1.29, 1.82) is 0 Å². The molecule has 1 aliphatic rings. The van der Waals surface area contributed by atoms with Gasteiger partial charge in [-0.25, -0.2) is 0 Å². The summed E-state index contributed by atoms with van der Waals surface area (Å²) in [7, 11) is 0. The lowest BCUT2D eigenvalue weighted by Crippen LogP contribution is -2.17. The third-order valence-corrected chi connectivity index (χ3v) is 5.17. The van der Waals surface area contributed by atoms with Gasteiger partial charge in [0.25, 0.3) is 0 Å². The molecule has 0 saturated carbocycles. The van der Waals surface area contributed by atoms with Crippen molar-refractivity contribution in [3.8, 4) is 0 Å². The first-order chi connectivity index (χ1) is 15.4. The van der Waals surface area contributed by atoms with Gasteiger partial charge in [0.15, 0.2) is 5.76 Å². The highest BCUT2D eigenvalue weighted by Gasteiger charge is 2.32. The second-order valence-electron chi connectivity index (χ2n) is 7.29. The first-order valence-corrected chi connectivity index (χ1v) is 10.3. The average molecular weight is 406 g/mol. The highest BCUT2D eigenvalue weighted by Crippen LogP contribution is 2.37. The maximum absolute atomic E-state index is 6.06. The van der Waals surface area contributed by atoms with Gasteiger partial charge in [-0.3, -0.25) is 5.01 Å². The summed E-state index contributed by atoms with van der Waals surface area (Å²) in [6, 6.07) is 28.2. The Morgan fingerprint density at radius 1 is 0.806 bits per heavy atom. The fourth-order valence-corrected chi connectivity index (χ4v) is 3.66. The lowest BCUT2D eigenvalue weighted by Gasteiger charge is -2.21. The summed E-state index contributed by atoms with van der Waals surface area (Å²) in [5, 5.41) is 6.88. The zero-order valence-electron chi connectivity index (χ0n) is 17.0. The normalized spacial score (nSPS) is 16.5. The Balaban J connectivity index is 1.35. The van der Waals surface area contributed by atoms with Gasteiger partial charge in [0.05, 0.1) is 12.0 Å². The van der Waals surface area contributed by atoms with Crippen molar-refractivity contribution in [2.75, 3.05) is 5.01 Å². The minimum absolute atomic E-state index is 0.00491. The molecule has 3 heterocycles. The van der Waals surface area contributed by atoms with E-state index in [-0.39, 0.29) is 6.04 Å².